The van der Waals surface area contributed by atoms with E-state index in [1.165, 1.54) is 29.5 Å². The van der Waals surface area contributed by atoms with Gasteiger partial charge in [0.1, 0.15) is 16.9 Å². The molecule has 8 heteroatoms. The maximum atomic E-state index is 13.5. The number of amides is 2. The second-order valence-corrected chi connectivity index (χ2v) is 7.97. The molecule has 0 saturated carbocycles. The number of nitrogens with zero attached hydrogens (tertiary/aromatic N) is 2. The second-order valence-electron chi connectivity index (χ2n) is 6.99. The van der Waals surface area contributed by atoms with Crippen molar-refractivity contribution in [3.8, 4) is 10.6 Å². The third kappa shape index (κ3) is 5.41. The Labute approximate surface area is 188 Å². The molecule has 0 spiro atoms. The van der Waals surface area contributed by atoms with E-state index in [0.717, 1.165) is 17.2 Å². The summed E-state index contributed by atoms with van der Waals surface area (Å²) in [7, 11) is 0. The average Bonchev–Trinajstić information content (AvgIpc) is 3.28. The normalized spacial score (nSPS) is 11.5. The minimum Gasteiger partial charge on any atom is -0.340 e. The summed E-state index contributed by atoms with van der Waals surface area (Å²) in [5, 5.41) is 14.6. The van der Waals surface area contributed by atoms with Gasteiger partial charge in [0.15, 0.2) is 0 Å². The fraction of sp³-hybridized carbons (Fsp3) is 0.0833. The van der Waals surface area contributed by atoms with Gasteiger partial charge in [0.25, 0.3) is 5.91 Å². The maximum Gasteiger partial charge on any atom is 0.252 e. The highest BCUT2D eigenvalue weighted by molar-refractivity contribution is 7.18. The van der Waals surface area contributed by atoms with E-state index in [0.29, 0.717) is 10.1 Å². The average molecular weight is 447 g/mol. The van der Waals surface area contributed by atoms with Crippen LogP contribution in [-0.2, 0) is 11.2 Å². The van der Waals surface area contributed by atoms with Crippen molar-refractivity contribution in [2.75, 3.05) is 5.32 Å². The molecule has 0 radical (unpaired) electrons. The Balaban J connectivity index is 1.52. The van der Waals surface area contributed by atoms with E-state index < -0.39 is 23.7 Å². The van der Waals surface area contributed by atoms with E-state index in [2.05, 4.69) is 20.8 Å². The van der Waals surface area contributed by atoms with E-state index in [1.807, 2.05) is 60.7 Å². The van der Waals surface area contributed by atoms with Crippen molar-refractivity contribution < 1.29 is 14.0 Å². The van der Waals surface area contributed by atoms with Gasteiger partial charge in [-0.3, -0.25) is 14.9 Å². The summed E-state index contributed by atoms with van der Waals surface area (Å²) in [6.07, 6.45) is 0.262. The highest BCUT2D eigenvalue weighted by Gasteiger charge is 2.23. The molecule has 0 fully saturated rings. The quantitative estimate of drug-likeness (QED) is 0.443. The maximum absolute atomic E-state index is 13.5. The number of hydrogen-bond donors (Lipinski definition) is 2. The molecule has 0 bridgehead atoms. The Kier molecular flexibility index (Phi) is 6.62. The summed E-state index contributed by atoms with van der Waals surface area (Å²) in [4.78, 5) is 25.7. The number of aromatic nitrogens is 2. The summed E-state index contributed by atoms with van der Waals surface area (Å²) in [6.45, 7) is 0. The lowest BCUT2D eigenvalue weighted by molar-refractivity contribution is -0.118. The van der Waals surface area contributed by atoms with Crippen molar-refractivity contribution in [2.45, 2.75) is 12.5 Å². The SMILES string of the molecule is O=C(NC(Cc1ccccc1)C(=O)Nc1nnc(-c2ccccc2)s1)c1cccc(F)c1. The number of carbonyl (C=O) groups excluding carboxylic acids is 2. The van der Waals surface area contributed by atoms with Gasteiger partial charge in [0, 0.05) is 17.5 Å². The van der Waals surface area contributed by atoms with Crippen LogP contribution in [-0.4, -0.2) is 28.1 Å². The zero-order valence-electron chi connectivity index (χ0n) is 16.9. The van der Waals surface area contributed by atoms with Crippen molar-refractivity contribution in [3.05, 3.63) is 102 Å². The minimum absolute atomic E-state index is 0.137. The predicted molar refractivity (Wildman–Crippen MR) is 122 cm³/mol. The van der Waals surface area contributed by atoms with E-state index in [4.69, 9.17) is 0 Å². The second kappa shape index (κ2) is 9.93. The first-order chi connectivity index (χ1) is 15.6. The molecule has 1 atom stereocenters. The van der Waals surface area contributed by atoms with E-state index in [-0.39, 0.29) is 12.0 Å². The minimum atomic E-state index is -0.891. The van der Waals surface area contributed by atoms with Crippen LogP contribution >= 0.6 is 11.3 Å². The van der Waals surface area contributed by atoms with Crippen molar-refractivity contribution in [1.82, 2.24) is 15.5 Å². The first-order valence-electron chi connectivity index (χ1n) is 9.88. The monoisotopic (exact) mass is 446 g/mol. The third-order valence-electron chi connectivity index (χ3n) is 4.67. The first kappa shape index (κ1) is 21.3. The fourth-order valence-electron chi connectivity index (χ4n) is 3.09. The molecular weight excluding hydrogens is 427 g/mol. The van der Waals surface area contributed by atoms with Gasteiger partial charge in [-0.15, -0.1) is 10.2 Å². The largest absolute Gasteiger partial charge is 0.340 e. The summed E-state index contributed by atoms with van der Waals surface area (Å²) in [5.74, 6) is -1.50. The molecule has 4 rings (SSSR count). The molecule has 32 heavy (non-hydrogen) atoms. The van der Waals surface area contributed by atoms with Crippen LogP contribution in [0.25, 0.3) is 10.6 Å². The lowest BCUT2D eigenvalue weighted by Crippen LogP contribution is -2.45. The predicted octanol–water partition coefficient (Wildman–Crippen LogP) is 4.32. The molecule has 0 saturated heterocycles. The summed E-state index contributed by atoms with van der Waals surface area (Å²) in [5.41, 5.74) is 1.90. The Hall–Kier alpha value is -3.91. The smallest absolute Gasteiger partial charge is 0.252 e. The van der Waals surface area contributed by atoms with Crippen molar-refractivity contribution >= 4 is 28.3 Å². The Morgan fingerprint density at radius 1 is 0.906 bits per heavy atom. The zero-order valence-corrected chi connectivity index (χ0v) is 17.7. The number of benzene rings is 3. The third-order valence-corrected chi connectivity index (χ3v) is 5.55. The van der Waals surface area contributed by atoms with Gasteiger partial charge in [0.05, 0.1) is 0 Å². The molecule has 4 aromatic rings. The first-order valence-corrected chi connectivity index (χ1v) is 10.7. The number of halogens is 1. The number of hydrogen-bond acceptors (Lipinski definition) is 5. The van der Waals surface area contributed by atoms with Crippen LogP contribution < -0.4 is 10.6 Å². The molecule has 0 aliphatic heterocycles. The molecule has 0 aliphatic carbocycles. The van der Waals surface area contributed by atoms with Crippen LogP contribution in [0.15, 0.2) is 84.9 Å². The van der Waals surface area contributed by atoms with Gasteiger partial charge in [-0.2, -0.15) is 0 Å². The van der Waals surface area contributed by atoms with E-state index in [9.17, 15) is 14.0 Å². The van der Waals surface area contributed by atoms with Gasteiger partial charge in [-0.1, -0.05) is 78.1 Å². The Morgan fingerprint density at radius 3 is 2.34 bits per heavy atom. The summed E-state index contributed by atoms with van der Waals surface area (Å²) >= 11 is 1.24. The standard InChI is InChI=1S/C24H19FN4O2S/c25-19-13-7-12-18(15-19)21(30)26-20(14-16-8-3-1-4-9-16)22(31)27-24-29-28-23(32-24)17-10-5-2-6-11-17/h1-13,15,20H,14H2,(H,26,30)(H,27,29,31). The van der Waals surface area contributed by atoms with Gasteiger partial charge in [0.2, 0.25) is 11.0 Å². The van der Waals surface area contributed by atoms with Crippen LogP contribution in [0.2, 0.25) is 0 Å². The molecule has 1 aromatic heterocycles. The van der Waals surface area contributed by atoms with Gasteiger partial charge >= 0.3 is 0 Å². The number of nitrogens with one attached hydrogen (secondary N) is 2. The molecule has 0 aliphatic rings. The molecular formula is C24H19FN4O2S. The topological polar surface area (TPSA) is 84.0 Å². The number of carbonyl (C=O) groups is 2. The molecule has 2 amide bonds. The van der Waals surface area contributed by atoms with Gasteiger partial charge < -0.3 is 5.32 Å². The lowest BCUT2D eigenvalue weighted by atomic mass is 10.0. The van der Waals surface area contributed by atoms with Crippen LogP contribution in [0.1, 0.15) is 15.9 Å². The molecule has 160 valence electrons. The molecule has 1 heterocycles. The highest BCUT2D eigenvalue weighted by Crippen LogP contribution is 2.26. The highest BCUT2D eigenvalue weighted by atomic mass is 32.1. The summed E-state index contributed by atoms with van der Waals surface area (Å²) in [6, 6.07) is 23.3. The fourth-order valence-corrected chi connectivity index (χ4v) is 3.85. The van der Waals surface area contributed by atoms with Gasteiger partial charge in [-0.25, -0.2) is 4.39 Å². The Bertz CT molecular complexity index is 1210. The van der Waals surface area contributed by atoms with Crippen molar-refractivity contribution in [2.24, 2.45) is 0 Å². The summed E-state index contributed by atoms with van der Waals surface area (Å²) < 4.78 is 13.5. The zero-order chi connectivity index (χ0) is 22.3. The molecule has 6 nitrogen and oxygen atoms in total. The van der Waals surface area contributed by atoms with E-state index in [1.54, 1.807) is 0 Å². The molecule has 3 aromatic carbocycles. The number of anilines is 1. The lowest BCUT2D eigenvalue weighted by Gasteiger charge is -2.18. The van der Waals surface area contributed by atoms with E-state index >= 15 is 0 Å². The molecule has 2 N–H and O–H groups in total. The van der Waals surface area contributed by atoms with Gasteiger partial charge in [-0.05, 0) is 23.8 Å². The van der Waals surface area contributed by atoms with Crippen LogP contribution in [0.3, 0.4) is 0 Å². The van der Waals surface area contributed by atoms with Crippen LogP contribution in [0, 0.1) is 5.82 Å². The van der Waals surface area contributed by atoms with Crippen molar-refractivity contribution in [1.29, 1.82) is 0 Å². The number of rotatable bonds is 7. The van der Waals surface area contributed by atoms with Crippen LogP contribution in [0.5, 0.6) is 0 Å². The molecule has 1 unspecified atom stereocenters. The van der Waals surface area contributed by atoms with Crippen LogP contribution in [0.4, 0.5) is 9.52 Å². The van der Waals surface area contributed by atoms with Crippen molar-refractivity contribution in [3.63, 3.8) is 0 Å². The Morgan fingerprint density at radius 2 is 1.62 bits per heavy atom.